The van der Waals surface area contributed by atoms with Crippen LogP contribution in [0.1, 0.15) is 34.8 Å². The topological polar surface area (TPSA) is 72.5 Å². The molecule has 0 saturated carbocycles. The number of benzene rings is 1. The van der Waals surface area contributed by atoms with Crippen LogP contribution in [-0.4, -0.2) is 30.2 Å². The summed E-state index contributed by atoms with van der Waals surface area (Å²) in [6.45, 7) is 2.87. The Hall–Kier alpha value is -2.51. The van der Waals surface area contributed by atoms with E-state index in [0.29, 0.717) is 17.3 Å². The largest absolute Gasteiger partial charge is 0.414 e. The molecule has 7 heteroatoms. The second-order valence-electron chi connectivity index (χ2n) is 5.94. The number of carbonyl (C=O) groups excluding carboxylic acids is 1. The van der Waals surface area contributed by atoms with Crippen molar-refractivity contribution in [2.45, 2.75) is 19.5 Å². The molecule has 25 heavy (non-hydrogen) atoms. The molecule has 2 N–H and O–H groups in total. The van der Waals surface area contributed by atoms with Crippen molar-refractivity contribution in [2.75, 3.05) is 14.1 Å². The molecule has 0 aliphatic heterocycles. The van der Waals surface area contributed by atoms with Crippen LogP contribution in [-0.2, 0) is 6.54 Å². The fourth-order valence-corrected chi connectivity index (χ4v) is 3.16. The van der Waals surface area contributed by atoms with Crippen molar-refractivity contribution in [3.63, 3.8) is 0 Å². The van der Waals surface area contributed by atoms with Gasteiger partial charge in [-0.3, -0.25) is 4.79 Å². The lowest BCUT2D eigenvalue weighted by molar-refractivity contribution is -0.925. The highest BCUT2D eigenvalue weighted by atomic mass is 32.1. The number of aromatic nitrogens is 2. The van der Waals surface area contributed by atoms with Crippen molar-refractivity contribution >= 4 is 17.2 Å². The van der Waals surface area contributed by atoms with Crippen LogP contribution in [0.15, 0.2) is 46.2 Å². The first kappa shape index (κ1) is 17.3. The van der Waals surface area contributed by atoms with Crippen LogP contribution in [0.5, 0.6) is 0 Å². The number of thiophene rings is 1. The van der Waals surface area contributed by atoms with Crippen molar-refractivity contribution < 1.29 is 14.1 Å². The van der Waals surface area contributed by atoms with Gasteiger partial charge in [-0.2, -0.15) is 0 Å². The number of carbonyl (C=O) groups is 1. The summed E-state index contributed by atoms with van der Waals surface area (Å²) in [6.07, 6.45) is 0. The lowest BCUT2D eigenvalue weighted by Gasteiger charge is -2.19. The van der Waals surface area contributed by atoms with Gasteiger partial charge in [0.2, 0.25) is 0 Å². The first-order valence-electron chi connectivity index (χ1n) is 8.09. The molecule has 0 fully saturated rings. The van der Waals surface area contributed by atoms with Gasteiger partial charge in [0.1, 0.15) is 6.54 Å². The number of nitrogens with zero attached hydrogens (tertiary/aromatic N) is 2. The standard InChI is InChI=1S/C18H20N4O2S/c1-12(17-20-21-18(24-17)15-5-4-10-25-15)22(3)11-13-6-8-14(9-7-13)16(23)19-2/h4-10,12H,11H2,1-3H3,(H,19,23)/p+1/t12-/m0/s1. The average Bonchev–Trinajstić information content (AvgIpc) is 3.32. The normalized spacial score (nSPS) is 13.4. The zero-order valence-corrected chi connectivity index (χ0v) is 15.3. The first-order chi connectivity index (χ1) is 12.1. The van der Waals surface area contributed by atoms with Crippen LogP contribution in [0.4, 0.5) is 0 Å². The Morgan fingerprint density at radius 2 is 2.04 bits per heavy atom. The molecule has 2 atom stereocenters. The highest BCUT2D eigenvalue weighted by Gasteiger charge is 2.23. The van der Waals surface area contributed by atoms with E-state index in [4.69, 9.17) is 4.42 Å². The Bertz CT molecular complexity index is 827. The second-order valence-corrected chi connectivity index (χ2v) is 6.89. The fraction of sp³-hybridized carbons (Fsp3) is 0.278. The summed E-state index contributed by atoms with van der Waals surface area (Å²) in [5, 5.41) is 13.0. The van der Waals surface area contributed by atoms with Crippen LogP contribution in [0.2, 0.25) is 0 Å². The molecule has 0 spiro atoms. The van der Waals surface area contributed by atoms with Gasteiger partial charge in [0.05, 0.1) is 11.9 Å². The maximum atomic E-state index is 11.6. The molecule has 130 valence electrons. The van der Waals surface area contributed by atoms with E-state index in [1.54, 1.807) is 18.4 Å². The third-order valence-electron chi connectivity index (χ3n) is 4.21. The molecule has 0 saturated heterocycles. The van der Waals surface area contributed by atoms with E-state index in [2.05, 4.69) is 29.5 Å². The predicted molar refractivity (Wildman–Crippen MR) is 96.4 cm³/mol. The van der Waals surface area contributed by atoms with E-state index >= 15 is 0 Å². The summed E-state index contributed by atoms with van der Waals surface area (Å²) in [7, 11) is 3.72. The highest BCUT2D eigenvalue weighted by molar-refractivity contribution is 7.13. The quantitative estimate of drug-likeness (QED) is 0.707. The summed E-state index contributed by atoms with van der Waals surface area (Å²) in [5.41, 5.74) is 1.81. The highest BCUT2D eigenvalue weighted by Crippen LogP contribution is 2.24. The van der Waals surface area contributed by atoms with Crippen molar-refractivity contribution in [2.24, 2.45) is 0 Å². The summed E-state index contributed by atoms with van der Waals surface area (Å²) >= 11 is 1.58. The predicted octanol–water partition coefficient (Wildman–Crippen LogP) is 1.93. The van der Waals surface area contributed by atoms with Gasteiger partial charge in [-0.25, -0.2) is 0 Å². The van der Waals surface area contributed by atoms with E-state index < -0.39 is 0 Å². The summed E-state index contributed by atoms with van der Waals surface area (Å²) in [5.74, 6) is 1.12. The number of hydrogen-bond acceptors (Lipinski definition) is 5. The minimum atomic E-state index is -0.0763. The molecule has 1 aromatic carbocycles. The Morgan fingerprint density at radius 1 is 1.28 bits per heavy atom. The monoisotopic (exact) mass is 357 g/mol. The maximum Gasteiger partial charge on any atom is 0.274 e. The van der Waals surface area contributed by atoms with Crippen LogP contribution in [0.25, 0.3) is 10.8 Å². The zero-order chi connectivity index (χ0) is 17.8. The Kier molecular flexibility index (Phi) is 5.25. The molecule has 6 nitrogen and oxygen atoms in total. The van der Waals surface area contributed by atoms with Gasteiger partial charge >= 0.3 is 0 Å². The lowest BCUT2D eigenvalue weighted by Crippen LogP contribution is -3.07. The van der Waals surface area contributed by atoms with E-state index in [1.807, 2.05) is 41.8 Å². The number of amides is 1. The summed E-state index contributed by atoms with van der Waals surface area (Å²) < 4.78 is 5.83. The van der Waals surface area contributed by atoms with Gasteiger partial charge in [0.25, 0.3) is 17.7 Å². The molecule has 0 aliphatic carbocycles. The number of hydrogen-bond donors (Lipinski definition) is 2. The molecule has 3 rings (SSSR count). The summed E-state index contributed by atoms with van der Waals surface area (Å²) in [4.78, 5) is 13.8. The molecule has 2 aromatic heterocycles. The van der Waals surface area contributed by atoms with Crippen LogP contribution < -0.4 is 10.2 Å². The first-order valence-corrected chi connectivity index (χ1v) is 8.97. The number of quaternary nitrogens is 1. The number of nitrogens with one attached hydrogen (secondary N) is 2. The molecule has 0 bridgehead atoms. The maximum absolute atomic E-state index is 11.6. The third-order valence-corrected chi connectivity index (χ3v) is 5.07. The number of rotatable bonds is 6. The van der Waals surface area contributed by atoms with Gasteiger partial charge in [0.15, 0.2) is 6.04 Å². The molecule has 0 radical (unpaired) electrons. The molecule has 3 aromatic rings. The minimum Gasteiger partial charge on any atom is -0.414 e. The van der Waals surface area contributed by atoms with E-state index in [-0.39, 0.29) is 11.9 Å². The Morgan fingerprint density at radius 3 is 2.68 bits per heavy atom. The lowest BCUT2D eigenvalue weighted by atomic mass is 10.1. The van der Waals surface area contributed by atoms with E-state index in [0.717, 1.165) is 17.0 Å². The van der Waals surface area contributed by atoms with Crippen molar-refractivity contribution in [1.82, 2.24) is 15.5 Å². The average molecular weight is 357 g/mol. The molecule has 1 unspecified atom stereocenters. The van der Waals surface area contributed by atoms with Crippen LogP contribution in [0.3, 0.4) is 0 Å². The minimum absolute atomic E-state index is 0.0693. The van der Waals surface area contributed by atoms with Crippen molar-refractivity contribution in [1.29, 1.82) is 0 Å². The van der Waals surface area contributed by atoms with Crippen LogP contribution in [0, 0.1) is 0 Å². The van der Waals surface area contributed by atoms with E-state index in [1.165, 1.54) is 4.90 Å². The molecule has 1 amide bonds. The second kappa shape index (κ2) is 7.58. The van der Waals surface area contributed by atoms with Gasteiger partial charge in [-0.15, -0.1) is 21.5 Å². The van der Waals surface area contributed by atoms with Crippen LogP contribution >= 0.6 is 11.3 Å². The summed E-state index contributed by atoms with van der Waals surface area (Å²) in [6, 6.07) is 11.6. The Labute approximate surface area is 150 Å². The van der Waals surface area contributed by atoms with Gasteiger partial charge in [0, 0.05) is 18.2 Å². The van der Waals surface area contributed by atoms with Gasteiger partial charge in [-0.05, 0) is 30.5 Å². The molecular weight excluding hydrogens is 336 g/mol. The van der Waals surface area contributed by atoms with E-state index in [9.17, 15) is 4.79 Å². The van der Waals surface area contributed by atoms with Crippen molar-refractivity contribution in [3.05, 3.63) is 58.8 Å². The molecular formula is C18H21N4O2S+. The fourth-order valence-electron chi connectivity index (χ4n) is 2.51. The Balaban J connectivity index is 1.66. The van der Waals surface area contributed by atoms with Gasteiger partial charge in [-0.1, -0.05) is 18.2 Å². The SMILES string of the molecule is CNC(=O)c1ccc(C[NH+](C)[C@@H](C)c2nnc(-c3cccs3)o2)cc1. The van der Waals surface area contributed by atoms with Crippen molar-refractivity contribution in [3.8, 4) is 10.8 Å². The van der Waals surface area contributed by atoms with Gasteiger partial charge < -0.3 is 14.6 Å². The molecule has 2 heterocycles. The smallest absolute Gasteiger partial charge is 0.274 e. The molecule has 0 aliphatic rings. The third kappa shape index (κ3) is 3.94. The zero-order valence-electron chi connectivity index (χ0n) is 14.4.